The van der Waals surface area contributed by atoms with Crippen LogP contribution in [0.15, 0.2) is 60.7 Å². The number of rotatable bonds is 4. The lowest BCUT2D eigenvalue weighted by molar-refractivity contribution is 0.0939. The molecule has 1 heterocycles. The maximum absolute atomic E-state index is 13.0. The topological polar surface area (TPSA) is 32.3 Å². The summed E-state index contributed by atoms with van der Waals surface area (Å²) in [7, 11) is 0. The van der Waals surface area contributed by atoms with Crippen molar-refractivity contribution in [3.8, 4) is 0 Å². The fourth-order valence-corrected chi connectivity index (χ4v) is 4.64. The molecule has 1 atom stereocenters. The molecule has 0 bridgehead atoms. The predicted octanol–water partition coefficient (Wildman–Crippen LogP) is 3.94. The number of aryl methyl sites for hydroxylation is 2. The van der Waals surface area contributed by atoms with Crippen molar-refractivity contribution in [1.82, 2.24) is 10.2 Å². The minimum atomic E-state index is 0.0668. The second-order valence-corrected chi connectivity index (χ2v) is 7.79. The average Bonchev–Trinajstić information content (AvgIpc) is 3.31. The standard InChI is InChI=1S/C24H24N2O/c27-24(22-12-11-19-10-9-18-7-4-8-21(22)23(18)19)25-20-13-14-26(16-20)15-17-5-2-1-3-6-17/h1-8,11-12,20H,9-10,13-16H2,(H,25,27). The van der Waals surface area contributed by atoms with E-state index in [0.29, 0.717) is 0 Å². The predicted molar refractivity (Wildman–Crippen MR) is 109 cm³/mol. The first kappa shape index (κ1) is 16.5. The lowest BCUT2D eigenvalue weighted by Crippen LogP contribution is -2.37. The summed E-state index contributed by atoms with van der Waals surface area (Å²) in [6, 6.07) is 21.3. The molecule has 1 unspecified atom stereocenters. The maximum atomic E-state index is 13.0. The highest BCUT2D eigenvalue weighted by Gasteiger charge is 2.25. The summed E-state index contributed by atoms with van der Waals surface area (Å²) in [5.41, 5.74) is 4.91. The Labute approximate surface area is 160 Å². The Morgan fingerprint density at radius 1 is 0.963 bits per heavy atom. The zero-order valence-corrected chi connectivity index (χ0v) is 15.4. The van der Waals surface area contributed by atoms with Crippen molar-refractivity contribution in [3.05, 3.63) is 82.9 Å². The third-order valence-electron chi connectivity index (χ3n) is 5.98. The zero-order valence-electron chi connectivity index (χ0n) is 15.4. The Morgan fingerprint density at radius 2 is 1.78 bits per heavy atom. The second kappa shape index (κ2) is 6.82. The number of amides is 1. The summed E-state index contributed by atoms with van der Waals surface area (Å²) in [4.78, 5) is 15.4. The lowest BCUT2D eigenvalue weighted by Gasteiger charge is -2.17. The van der Waals surface area contributed by atoms with Gasteiger partial charge >= 0.3 is 0 Å². The van der Waals surface area contributed by atoms with Gasteiger partial charge in [-0.1, -0.05) is 54.6 Å². The van der Waals surface area contributed by atoms with Gasteiger partial charge in [0.05, 0.1) is 0 Å². The molecule has 1 amide bonds. The maximum Gasteiger partial charge on any atom is 0.252 e. The van der Waals surface area contributed by atoms with E-state index < -0.39 is 0 Å². The Kier molecular flexibility index (Phi) is 4.17. The summed E-state index contributed by atoms with van der Waals surface area (Å²) in [5.74, 6) is 0.0668. The molecule has 136 valence electrons. The van der Waals surface area contributed by atoms with Crippen LogP contribution in [0.4, 0.5) is 0 Å². The molecular weight excluding hydrogens is 332 g/mol. The van der Waals surface area contributed by atoms with Crippen LogP contribution in [-0.4, -0.2) is 29.9 Å². The van der Waals surface area contributed by atoms with Crippen molar-refractivity contribution in [1.29, 1.82) is 0 Å². The summed E-state index contributed by atoms with van der Waals surface area (Å²) in [6.07, 6.45) is 3.20. The first-order valence-electron chi connectivity index (χ1n) is 9.88. The van der Waals surface area contributed by atoms with E-state index >= 15 is 0 Å². The number of nitrogens with one attached hydrogen (secondary N) is 1. The molecule has 3 heteroatoms. The molecule has 1 saturated heterocycles. The highest BCUT2D eigenvalue weighted by Crippen LogP contribution is 2.32. The molecule has 27 heavy (non-hydrogen) atoms. The molecule has 1 N–H and O–H groups in total. The first-order valence-corrected chi connectivity index (χ1v) is 9.88. The average molecular weight is 356 g/mol. The molecule has 0 spiro atoms. The normalized spacial score (nSPS) is 18.9. The van der Waals surface area contributed by atoms with Gasteiger partial charge in [-0.05, 0) is 52.8 Å². The van der Waals surface area contributed by atoms with Gasteiger partial charge in [-0.2, -0.15) is 0 Å². The Hall–Kier alpha value is -2.65. The number of likely N-dealkylation sites (tertiary alicyclic amines) is 1. The SMILES string of the molecule is O=C(NC1CCN(Cc2ccccc2)C1)c1ccc2c3c(cccc13)CC2. The fourth-order valence-electron chi connectivity index (χ4n) is 4.64. The number of carbonyl (C=O) groups is 1. The molecule has 1 aliphatic heterocycles. The molecule has 0 aromatic heterocycles. The minimum absolute atomic E-state index is 0.0668. The van der Waals surface area contributed by atoms with Gasteiger partial charge in [0, 0.05) is 31.2 Å². The van der Waals surface area contributed by atoms with Gasteiger partial charge in [0.1, 0.15) is 0 Å². The van der Waals surface area contributed by atoms with Crippen LogP contribution in [0.2, 0.25) is 0 Å². The van der Waals surface area contributed by atoms with Crippen LogP contribution in [0.3, 0.4) is 0 Å². The molecule has 3 aromatic carbocycles. The zero-order chi connectivity index (χ0) is 18.2. The van der Waals surface area contributed by atoms with Crippen molar-refractivity contribution < 1.29 is 4.79 Å². The first-order chi connectivity index (χ1) is 13.3. The van der Waals surface area contributed by atoms with E-state index in [0.717, 1.165) is 49.8 Å². The number of carbonyl (C=O) groups excluding carboxylic acids is 1. The van der Waals surface area contributed by atoms with Gasteiger partial charge in [-0.25, -0.2) is 0 Å². The van der Waals surface area contributed by atoms with Crippen LogP contribution < -0.4 is 5.32 Å². The highest BCUT2D eigenvalue weighted by atomic mass is 16.1. The number of hydrogen-bond acceptors (Lipinski definition) is 2. The van der Waals surface area contributed by atoms with E-state index in [-0.39, 0.29) is 11.9 Å². The quantitative estimate of drug-likeness (QED) is 0.768. The van der Waals surface area contributed by atoms with Crippen molar-refractivity contribution >= 4 is 16.7 Å². The van der Waals surface area contributed by atoms with Gasteiger partial charge < -0.3 is 5.32 Å². The molecule has 0 radical (unpaired) electrons. The van der Waals surface area contributed by atoms with Crippen LogP contribution in [-0.2, 0) is 19.4 Å². The van der Waals surface area contributed by atoms with Gasteiger partial charge in [-0.3, -0.25) is 9.69 Å². The summed E-state index contributed by atoms with van der Waals surface area (Å²) in [6.45, 7) is 2.90. The largest absolute Gasteiger partial charge is 0.348 e. The number of hydrogen-bond donors (Lipinski definition) is 1. The lowest BCUT2D eigenvalue weighted by atomic mass is 9.99. The van der Waals surface area contributed by atoms with E-state index in [1.54, 1.807) is 0 Å². The van der Waals surface area contributed by atoms with Crippen LogP contribution in [0.1, 0.15) is 33.5 Å². The van der Waals surface area contributed by atoms with Gasteiger partial charge in [0.15, 0.2) is 0 Å². The van der Waals surface area contributed by atoms with Crippen molar-refractivity contribution in [2.24, 2.45) is 0 Å². The third kappa shape index (κ3) is 3.13. The van der Waals surface area contributed by atoms with Crippen molar-refractivity contribution in [2.75, 3.05) is 13.1 Å². The Bertz CT molecular complexity index is 986. The molecule has 1 fully saturated rings. The summed E-state index contributed by atoms with van der Waals surface area (Å²) in [5, 5.41) is 5.70. The third-order valence-corrected chi connectivity index (χ3v) is 5.98. The van der Waals surface area contributed by atoms with Crippen molar-refractivity contribution in [2.45, 2.75) is 31.8 Å². The van der Waals surface area contributed by atoms with Gasteiger partial charge in [0.25, 0.3) is 5.91 Å². The smallest absolute Gasteiger partial charge is 0.252 e. The molecule has 2 aliphatic rings. The minimum Gasteiger partial charge on any atom is -0.348 e. The van der Waals surface area contributed by atoms with Gasteiger partial charge in [0.2, 0.25) is 0 Å². The molecule has 0 saturated carbocycles. The van der Waals surface area contributed by atoms with E-state index in [1.807, 2.05) is 6.07 Å². The molecule has 5 rings (SSSR count). The summed E-state index contributed by atoms with van der Waals surface area (Å²) >= 11 is 0. The highest BCUT2D eigenvalue weighted by molar-refractivity contribution is 6.09. The van der Waals surface area contributed by atoms with Crippen LogP contribution in [0.25, 0.3) is 10.8 Å². The van der Waals surface area contributed by atoms with Crippen LogP contribution in [0.5, 0.6) is 0 Å². The van der Waals surface area contributed by atoms with Crippen LogP contribution >= 0.6 is 0 Å². The fraction of sp³-hybridized carbons (Fsp3) is 0.292. The number of nitrogens with zero attached hydrogens (tertiary/aromatic N) is 1. The Morgan fingerprint density at radius 3 is 2.63 bits per heavy atom. The van der Waals surface area contributed by atoms with E-state index in [9.17, 15) is 4.79 Å². The van der Waals surface area contributed by atoms with E-state index in [1.165, 1.54) is 22.1 Å². The molecular formula is C24H24N2O. The van der Waals surface area contributed by atoms with Gasteiger partial charge in [-0.15, -0.1) is 0 Å². The molecule has 3 aromatic rings. The van der Waals surface area contributed by atoms with E-state index in [2.05, 4.69) is 64.8 Å². The molecule has 3 nitrogen and oxygen atoms in total. The number of benzene rings is 3. The Balaban J connectivity index is 1.30. The second-order valence-electron chi connectivity index (χ2n) is 7.79. The molecule has 1 aliphatic carbocycles. The van der Waals surface area contributed by atoms with Crippen LogP contribution in [0, 0.1) is 0 Å². The van der Waals surface area contributed by atoms with E-state index in [4.69, 9.17) is 0 Å². The monoisotopic (exact) mass is 356 g/mol. The van der Waals surface area contributed by atoms with Crippen molar-refractivity contribution in [3.63, 3.8) is 0 Å². The summed E-state index contributed by atoms with van der Waals surface area (Å²) < 4.78 is 0.